The predicted molar refractivity (Wildman–Crippen MR) is 98.3 cm³/mol. The quantitative estimate of drug-likeness (QED) is 0.883. The van der Waals surface area contributed by atoms with E-state index in [0.29, 0.717) is 5.56 Å². The van der Waals surface area contributed by atoms with E-state index in [4.69, 9.17) is 10.00 Å². The van der Waals surface area contributed by atoms with Crippen molar-refractivity contribution in [1.82, 2.24) is 5.32 Å². The highest BCUT2D eigenvalue weighted by Gasteiger charge is 2.25. The highest BCUT2D eigenvalue weighted by molar-refractivity contribution is 5.40. The lowest BCUT2D eigenvalue weighted by molar-refractivity contribution is 0.353. The van der Waals surface area contributed by atoms with Gasteiger partial charge < -0.3 is 10.1 Å². The molecular formula is C21H26N2O. The maximum absolute atomic E-state index is 9.03. The molecule has 0 saturated carbocycles. The van der Waals surface area contributed by atoms with E-state index in [1.807, 2.05) is 36.4 Å². The lowest BCUT2D eigenvalue weighted by Gasteiger charge is -2.32. The highest BCUT2D eigenvalue weighted by Crippen LogP contribution is 2.30. The molecule has 1 N–H and O–H groups in total. The lowest BCUT2D eigenvalue weighted by Crippen LogP contribution is -2.45. The summed E-state index contributed by atoms with van der Waals surface area (Å²) in [6, 6.07) is 18.5. The van der Waals surface area contributed by atoms with Crippen LogP contribution in [-0.2, 0) is 0 Å². The maximum Gasteiger partial charge on any atom is 0.118 e. The Morgan fingerprint density at radius 1 is 0.958 bits per heavy atom. The second-order valence-corrected chi connectivity index (χ2v) is 7.17. The number of hydrogen-bond acceptors (Lipinski definition) is 3. The Labute approximate surface area is 145 Å². The summed E-state index contributed by atoms with van der Waals surface area (Å²) in [5, 5.41) is 12.7. The molecule has 2 rings (SSSR count). The monoisotopic (exact) mass is 322 g/mol. The zero-order valence-corrected chi connectivity index (χ0v) is 15.1. The first-order valence-electron chi connectivity index (χ1n) is 8.26. The third-order valence-corrected chi connectivity index (χ3v) is 4.03. The Kier molecular flexibility index (Phi) is 5.64. The first kappa shape index (κ1) is 18.0. The summed E-state index contributed by atoms with van der Waals surface area (Å²) in [4.78, 5) is 0. The first-order valence-corrected chi connectivity index (χ1v) is 8.26. The van der Waals surface area contributed by atoms with Gasteiger partial charge in [-0.3, -0.25) is 0 Å². The van der Waals surface area contributed by atoms with E-state index < -0.39 is 0 Å². The Morgan fingerprint density at radius 2 is 1.46 bits per heavy atom. The van der Waals surface area contributed by atoms with E-state index >= 15 is 0 Å². The van der Waals surface area contributed by atoms with Gasteiger partial charge >= 0.3 is 0 Å². The van der Waals surface area contributed by atoms with Crippen molar-refractivity contribution >= 4 is 0 Å². The van der Waals surface area contributed by atoms with Gasteiger partial charge in [0.2, 0.25) is 0 Å². The van der Waals surface area contributed by atoms with Crippen LogP contribution in [0.2, 0.25) is 0 Å². The molecule has 3 heteroatoms. The van der Waals surface area contributed by atoms with Gasteiger partial charge in [0, 0.05) is 17.5 Å². The van der Waals surface area contributed by atoms with Crippen molar-refractivity contribution in [2.24, 2.45) is 0 Å². The molecule has 2 atom stereocenters. The summed E-state index contributed by atoms with van der Waals surface area (Å²) < 4.78 is 5.27. The molecule has 0 amide bonds. The van der Waals surface area contributed by atoms with E-state index in [-0.39, 0.29) is 17.5 Å². The number of nitrogens with zero attached hydrogens (tertiary/aromatic N) is 1. The normalized spacial score (nSPS) is 13.8. The van der Waals surface area contributed by atoms with Crippen molar-refractivity contribution in [2.75, 3.05) is 7.11 Å². The van der Waals surface area contributed by atoms with Crippen molar-refractivity contribution in [1.29, 1.82) is 5.26 Å². The van der Waals surface area contributed by atoms with E-state index in [2.05, 4.69) is 51.2 Å². The number of rotatable bonds is 5. The SMILES string of the molecule is COc1ccc(C(c2ccc(C#N)cc2)C(C)NC(C)(C)C)cc1. The van der Waals surface area contributed by atoms with Crippen molar-refractivity contribution in [2.45, 2.75) is 45.2 Å². The highest BCUT2D eigenvalue weighted by atomic mass is 16.5. The number of nitriles is 1. The van der Waals surface area contributed by atoms with Crippen LogP contribution >= 0.6 is 0 Å². The molecule has 0 aliphatic rings. The fourth-order valence-corrected chi connectivity index (χ4v) is 3.11. The molecule has 0 fully saturated rings. The summed E-state index contributed by atoms with van der Waals surface area (Å²) in [5.41, 5.74) is 3.13. The minimum Gasteiger partial charge on any atom is -0.497 e. The van der Waals surface area contributed by atoms with Gasteiger partial charge in [-0.1, -0.05) is 24.3 Å². The number of hydrogen-bond donors (Lipinski definition) is 1. The fraction of sp³-hybridized carbons (Fsp3) is 0.381. The predicted octanol–water partition coefficient (Wildman–Crippen LogP) is 4.48. The zero-order valence-electron chi connectivity index (χ0n) is 15.1. The average molecular weight is 322 g/mol. The minimum absolute atomic E-state index is 0.0245. The Hall–Kier alpha value is -2.31. The van der Waals surface area contributed by atoms with Crippen LogP contribution in [0.1, 0.15) is 50.3 Å². The number of ether oxygens (including phenoxy) is 1. The van der Waals surface area contributed by atoms with Gasteiger partial charge in [0.15, 0.2) is 0 Å². The molecule has 0 aliphatic carbocycles. The molecule has 2 aromatic rings. The molecule has 0 radical (unpaired) electrons. The summed E-state index contributed by atoms with van der Waals surface area (Å²) in [6.07, 6.45) is 0. The van der Waals surface area contributed by atoms with Gasteiger partial charge in [-0.15, -0.1) is 0 Å². The number of methoxy groups -OCH3 is 1. The molecule has 3 nitrogen and oxygen atoms in total. The van der Waals surface area contributed by atoms with Crippen molar-refractivity contribution in [3.8, 4) is 11.8 Å². The molecule has 0 bridgehead atoms. The van der Waals surface area contributed by atoms with E-state index in [1.54, 1.807) is 7.11 Å². The summed E-state index contributed by atoms with van der Waals surface area (Å²) in [5.74, 6) is 1.05. The standard InChI is InChI=1S/C21H26N2O/c1-15(23-21(2,3)4)20(17-8-6-16(14-22)7-9-17)18-10-12-19(24-5)13-11-18/h6-13,15,20,23H,1-5H3. The molecular weight excluding hydrogens is 296 g/mol. The van der Waals surface area contributed by atoms with Gasteiger partial charge in [0.25, 0.3) is 0 Å². The molecule has 0 heterocycles. The molecule has 0 spiro atoms. The molecule has 0 aliphatic heterocycles. The fourth-order valence-electron chi connectivity index (χ4n) is 3.11. The van der Waals surface area contributed by atoms with E-state index in [9.17, 15) is 0 Å². The smallest absolute Gasteiger partial charge is 0.118 e. The average Bonchev–Trinajstić information content (AvgIpc) is 2.55. The molecule has 2 unspecified atom stereocenters. The van der Waals surface area contributed by atoms with Gasteiger partial charge in [-0.2, -0.15) is 5.26 Å². The Morgan fingerprint density at radius 3 is 1.88 bits per heavy atom. The van der Waals surface area contributed by atoms with Crippen molar-refractivity contribution in [3.05, 3.63) is 65.2 Å². The van der Waals surface area contributed by atoms with Crippen molar-refractivity contribution in [3.63, 3.8) is 0 Å². The van der Waals surface area contributed by atoms with Crippen LogP contribution in [-0.4, -0.2) is 18.7 Å². The summed E-state index contributed by atoms with van der Waals surface area (Å²) in [6.45, 7) is 8.73. The summed E-state index contributed by atoms with van der Waals surface area (Å²) >= 11 is 0. The Bertz CT molecular complexity index is 691. The van der Waals surface area contributed by atoms with Crippen molar-refractivity contribution < 1.29 is 4.74 Å². The number of benzene rings is 2. The largest absolute Gasteiger partial charge is 0.497 e. The molecule has 126 valence electrons. The van der Waals surface area contributed by atoms with Crippen LogP contribution in [0.4, 0.5) is 0 Å². The lowest BCUT2D eigenvalue weighted by atomic mass is 9.84. The van der Waals surface area contributed by atoms with Gasteiger partial charge in [-0.25, -0.2) is 0 Å². The van der Waals surface area contributed by atoms with Crippen LogP contribution < -0.4 is 10.1 Å². The zero-order chi connectivity index (χ0) is 17.7. The second kappa shape index (κ2) is 7.51. The molecule has 0 saturated heterocycles. The maximum atomic E-state index is 9.03. The Balaban J connectivity index is 2.41. The van der Waals surface area contributed by atoms with Crippen LogP contribution in [0.15, 0.2) is 48.5 Å². The van der Waals surface area contributed by atoms with E-state index in [0.717, 1.165) is 5.75 Å². The van der Waals surface area contributed by atoms with Crippen LogP contribution in [0, 0.1) is 11.3 Å². The summed E-state index contributed by atoms with van der Waals surface area (Å²) in [7, 11) is 1.68. The van der Waals surface area contributed by atoms with Gasteiger partial charge in [0.1, 0.15) is 5.75 Å². The topological polar surface area (TPSA) is 45.0 Å². The molecule has 0 aromatic heterocycles. The van der Waals surface area contributed by atoms with Crippen LogP contribution in [0.5, 0.6) is 5.75 Å². The van der Waals surface area contributed by atoms with Gasteiger partial charge in [0.05, 0.1) is 18.7 Å². The number of nitrogens with one attached hydrogen (secondary N) is 1. The van der Waals surface area contributed by atoms with Gasteiger partial charge in [-0.05, 0) is 63.1 Å². The van der Waals surface area contributed by atoms with Crippen LogP contribution in [0.3, 0.4) is 0 Å². The third kappa shape index (κ3) is 4.59. The first-order chi connectivity index (χ1) is 11.3. The molecule has 24 heavy (non-hydrogen) atoms. The minimum atomic E-state index is 0.0245. The third-order valence-electron chi connectivity index (χ3n) is 4.03. The van der Waals surface area contributed by atoms with E-state index in [1.165, 1.54) is 11.1 Å². The molecule has 2 aromatic carbocycles. The van der Waals surface area contributed by atoms with Crippen LogP contribution in [0.25, 0.3) is 0 Å². The second-order valence-electron chi connectivity index (χ2n) is 7.17.